The Morgan fingerprint density at radius 2 is 1.97 bits per heavy atom. The molecule has 6 nitrogen and oxygen atoms in total. The van der Waals surface area contributed by atoms with E-state index in [0.29, 0.717) is 17.8 Å². The van der Waals surface area contributed by atoms with Crippen LogP contribution >= 0.6 is 0 Å². The number of benzene rings is 2. The second-order valence-corrected chi connectivity index (χ2v) is 8.66. The highest BCUT2D eigenvalue weighted by atomic mass is 16.5. The summed E-state index contributed by atoms with van der Waals surface area (Å²) in [5.74, 6) is -0.328. The quantitative estimate of drug-likeness (QED) is 0.745. The number of hydrogen-bond acceptors (Lipinski definition) is 4. The van der Waals surface area contributed by atoms with Gasteiger partial charge in [-0.05, 0) is 48.6 Å². The third kappa shape index (κ3) is 5.07. The van der Waals surface area contributed by atoms with E-state index in [1.54, 1.807) is 6.07 Å². The average molecular weight is 422 g/mol. The van der Waals surface area contributed by atoms with Crippen molar-refractivity contribution >= 4 is 23.2 Å². The van der Waals surface area contributed by atoms with Crippen molar-refractivity contribution in [2.45, 2.75) is 45.8 Å². The molecule has 6 heteroatoms. The maximum atomic E-state index is 13.2. The lowest BCUT2D eigenvalue weighted by molar-refractivity contribution is -0.118. The van der Waals surface area contributed by atoms with Gasteiger partial charge in [-0.1, -0.05) is 38.1 Å². The Balaban J connectivity index is 1.58. The van der Waals surface area contributed by atoms with Crippen molar-refractivity contribution in [2.75, 3.05) is 29.9 Å². The number of ether oxygens (including phenoxy) is 1. The predicted molar refractivity (Wildman–Crippen MR) is 122 cm³/mol. The topological polar surface area (TPSA) is 70.7 Å². The number of fused-ring (bicyclic) bond motifs is 1. The SMILES string of the molecule is CC(C)C(=O)Nc1ccc(N2CCc3ccccc3C2)c(C(=O)NCC2CCCO2)c1. The molecule has 1 fully saturated rings. The molecule has 0 aliphatic carbocycles. The Hall–Kier alpha value is -2.86. The summed E-state index contributed by atoms with van der Waals surface area (Å²) in [5.41, 5.74) is 4.77. The number of amides is 2. The first kappa shape index (κ1) is 21.4. The normalized spacial score (nSPS) is 18.0. The van der Waals surface area contributed by atoms with E-state index in [0.717, 1.165) is 44.6 Å². The molecule has 0 radical (unpaired) electrons. The lowest BCUT2D eigenvalue weighted by Crippen LogP contribution is -2.35. The fourth-order valence-electron chi connectivity index (χ4n) is 4.17. The molecule has 0 spiro atoms. The predicted octanol–water partition coefficient (Wildman–Crippen LogP) is 3.75. The van der Waals surface area contributed by atoms with Gasteiger partial charge in [-0.3, -0.25) is 9.59 Å². The van der Waals surface area contributed by atoms with E-state index in [4.69, 9.17) is 4.74 Å². The minimum Gasteiger partial charge on any atom is -0.376 e. The Labute approximate surface area is 184 Å². The van der Waals surface area contributed by atoms with Crippen molar-refractivity contribution in [3.05, 3.63) is 59.2 Å². The molecule has 4 rings (SSSR count). The zero-order valence-corrected chi connectivity index (χ0v) is 18.3. The van der Waals surface area contributed by atoms with Crippen molar-refractivity contribution in [3.63, 3.8) is 0 Å². The standard InChI is InChI=1S/C25H31N3O3/c1-17(2)24(29)27-20-9-10-23(28-12-11-18-6-3-4-7-19(18)16-28)22(14-20)25(30)26-15-21-8-5-13-31-21/h3-4,6-7,9-10,14,17,21H,5,8,11-13,15-16H2,1-2H3,(H,26,30)(H,27,29). The molecular weight excluding hydrogens is 390 g/mol. The van der Waals surface area contributed by atoms with E-state index < -0.39 is 0 Å². The third-order valence-corrected chi connectivity index (χ3v) is 6.02. The van der Waals surface area contributed by atoms with Crippen molar-refractivity contribution in [2.24, 2.45) is 5.92 Å². The van der Waals surface area contributed by atoms with Gasteiger partial charge in [0.1, 0.15) is 0 Å². The molecule has 1 unspecified atom stereocenters. The fourth-order valence-corrected chi connectivity index (χ4v) is 4.17. The largest absolute Gasteiger partial charge is 0.376 e. The molecule has 2 amide bonds. The lowest BCUT2D eigenvalue weighted by Gasteiger charge is -2.32. The van der Waals surface area contributed by atoms with Gasteiger partial charge in [0.05, 0.1) is 11.7 Å². The van der Waals surface area contributed by atoms with Gasteiger partial charge in [0, 0.05) is 43.5 Å². The van der Waals surface area contributed by atoms with Gasteiger partial charge in [0.2, 0.25) is 5.91 Å². The molecule has 2 N–H and O–H groups in total. The van der Waals surface area contributed by atoms with E-state index >= 15 is 0 Å². The van der Waals surface area contributed by atoms with Gasteiger partial charge in [-0.15, -0.1) is 0 Å². The van der Waals surface area contributed by atoms with Gasteiger partial charge in [-0.25, -0.2) is 0 Å². The van der Waals surface area contributed by atoms with E-state index in [9.17, 15) is 9.59 Å². The van der Waals surface area contributed by atoms with Crippen LogP contribution in [0.15, 0.2) is 42.5 Å². The summed E-state index contributed by atoms with van der Waals surface area (Å²) in [7, 11) is 0. The number of carbonyl (C=O) groups excluding carboxylic acids is 2. The molecule has 1 atom stereocenters. The van der Waals surface area contributed by atoms with E-state index in [2.05, 4.69) is 39.8 Å². The third-order valence-electron chi connectivity index (χ3n) is 6.02. The van der Waals surface area contributed by atoms with Crippen LogP contribution in [-0.2, 0) is 22.5 Å². The number of nitrogens with zero attached hydrogens (tertiary/aromatic N) is 1. The van der Waals surface area contributed by atoms with Crippen LogP contribution in [0.3, 0.4) is 0 Å². The summed E-state index contributed by atoms with van der Waals surface area (Å²) in [5, 5.41) is 5.96. The molecule has 2 aromatic rings. The second-order valence-electron chi connectivity index (χ2n) is 8.66. The number of carbonyl (C=O) groups is 2. The molecule has 0 aromatic heterocycles. The molecule has 2 heterocycles. The lowest BCUT2D eigenvalue weighted by atomic mass is 9.98. The van der Waals surface area contributed by atoms with Crippen LogP contribution < -0.4 is 15.5 Å². The average Bonchev–Trinajstić information content (AvgIpc) is 3.30. The summed E-state index contributed by atoms with van der Waals surface area (Å²) in [6.07, 6.45) is 3.04. The van der Waals surface area contributed by atoms with Crippen LogP contribution in [0.2, 0.25) is 0 Å². The van der Waals surface area contributed by atoms with Crippen LogP contribution in [0.5, 0.6) is 0 Å². The Morgan fingerprint density at radius 1 is 1.16 bits per heavy atom. The van der Waals surface area contributed by atoms with Crippen LogP contribution in [0.4, 0.5) is 11.4 Å². The number of rotatable bonds is 6. The first-order chi connectivity index (χ1) is 15.0. The minimum atomic E-state index is -0.134. The van der Waals surface area contributed by atoms with E-state index in [1.165, 1.54) is 11.1 Å². The maximum absolute atomic E-state index is 13.2. The molecule has 0 bridgehead atoms. The van der Waals surface area contributed by atoms with Crippen LogP contribution in [0.25, 0.3) is 0 Å². The zero-order chi connectivity index (χ0) is 21.8. The van der Waals surface area contributed by atoms with Crippen molar-refractivity contribution in [1.29, 1.82) is 0 Å². The number of hydrogen-bond donors (Lipinski definition) is 2. The van der Waals surface area contributed by atoms with Crippen molar-refractivity contribution in [3.8, 4) is 0 Å². The monoisotopic (exact) mass is 421 g/mol. The summed E-state index contributed by atoms with van der Waals surface area (Å²) >= 11 is 0. The molecule has 1 saturated heterocycles. The minimum absolute atomic E-state index is 0.0645. The number of anilines is 2. The Morgan fingerprint density at radius 3 is 2.71 bits per heavy atom. The van der Waals surface area contributed by atoms with E-state index in [1.807, 2.05) is 26.0 Å². The molecule has 0 saturated carbocycles. The highest BCUT2D eigenvalue weighted by Gasteiger charge is 2.23. The highest BCUT2D eigenvalue weighted by molar-refractivity contribution is 6.02. The van der Waals surface area contributed by atoms with Crippen LogP contribution in [-0.4, -0.2) is 37.6 Å². The van der Waals surface area contributed by atoms with Crippen LogP contribution in [0, 0.1) is 5.92 Å². The molecule has 2 aromatic carbocycles. The Kier molecular flexibility index (Phi) is 6.56. The van der Waals surface area contributed by atoms with Gasteiger partial charge in [0.25, 0.3) is 5.91 Å². The van der Waals surface area contributed by atoms with Gasteiger partial charge >= 0.3 is 0 Å². The fraction of sp³-hybridized carbons (Fsp3) is 0.440. The Bertz CT molecular complexity index is 951. The first-order valence-corrected chi connectivity index (χ1v) is 11.2. The summed E-state index contributed by atoms with van der Waals surface area (Å²) in [6, 6.07) is 14.1. The highest BCUT2D eigenvalue weighted by Crippen LogP contribution is 2.30. The molecule has 164 valence electrons. The van der Waals surface area contributed by atoms with Crippen molar-refractivity contribution in [1.82, 2.24) is 5.32 Å². The van der Waals surface area contributed by atoms with Crippen LogP contribution in [0.1, 0.15) is 48.2 Å². The smallest absolute Gasteiger partial charge is 0.253 e. The molecular formula is C25H31N3O3. The number of nitrogens with one attached hydrogen (secondary N) is 2. The molecule has 2 aliphatic heterocycles. The first-order valence-electron chi connectivity index (χ1n) is 11.2. The zero-order valence-electron chi connectivity index (χ0n) is 18.3. The second kappa shape index (κ2) is 9.52. The van der Waals surface area contributed by atoms with Gasteiger partial charge in [0.15, 0.2) is 0 Å². The van der Waals surface area contributed by atoms with E-state index in [-0.39, 0.29) is 23.8 Å². The summed E-state index contributed by atoms with van der Waals surface area (Å²) in [4.78, 5) is 27.6. The molecule has 2 aliphatic rings. The van der Waals surface area contributed by atoms with Crippen molar-refractivity contribution < 1.29 is 14.3 Å². The summed E-state index contributed by atoms with van der Waals surface area (Å²) < 4.78 is 5.65. The maximum Gasteiger partial charge on any atom is 0.253 e. The molecule has 31 heavy (non-hydrogen) atoms. The van der Waals surface area contributed by atoms with Gasteiger partial charge in [-0.2, -0.15) is 0 Å². The van der Waals surface area contributed by atoms with Gasteiger partial charge < -0.3 is 20.3 Å². The summed E-state index contributed by atoms with van der Waals surface area (Å²) in [6.45, 7) is 6.58.